The normalized spacial score (nSPS) is 19.9. The van der Waals surface area contributed by atoms with Gasteiger partial charge in [-0.05, 0) is 43.4 Å². The van der Waals surface area contributed by atoms with E-state index in [1.54, 1.807) is 0 Å². The molecule has 1 aromatic heterocycles. The van der Waals surface area contributed by atoms with E-state index in [0.717, 1.165) is 17.0 Å². The van der Waals surface area contributed by atoms with Crippen LogP contribution in [0.5, 0.6) is 5.75 Å². The smallest absolute Gasteiger partial charge is 0.406 e. The lowest BCUT2D eigenvalue weighted by Gasteiger charge is -2.43. The van der Waals surface area contributed by atoms with E-state index in [1.807, 2.05) is 6.92 Å². The van der Waals surface area contributed by atoms with Crippen LogP contribution in [0.3, 0.4) is 0 Å². The van der Waals surface area contributed by atoms with Crippen molar-refractivity contribution in [2.24, 2.45) is 5.92 Å². The molecule has 9 nitrogen and oxygen atoms in total. The summed E-state index contributed by atoms with van der Waals surface area (Å²) < 4.78 is 88.0. The van der Waals surface area contributed by atoms with Crippen molar-refractivity contribution < 1.29 is 40.7 Å². The highest BCUT2D eigenvalue weighted by Gasteiger charge is 2.39. The number of nitrogens with zero attached hydrogens (tertiary/aromatic N) is 3. The molecule has 1 aliphatic carbocycles. The number of carbonyl (C=O) groups is 2. The van der Waals surface area contributed by atoms with Crippen LogP contribution in [0, 0.1) is 23.6 Å². The molecule has 3 N–H and O–H groups in total. The monoisotopic (exact) mass is 692 g/mol. The Morgan fingerprint density at radius 3 is 2.47 bits per heavy atom. The van der Waals surface area contributed by atoms with E-state index in [9.17, 15) is 35.9 Å². The molecule has 49 heavy (non-hydrogen) atoms. The van der Waals surface area contributed by atoms with E-state index in [2.05, 4.69) is 37.7 Å². The summed E-state index contributed by atoms with van der Waals surface area (Å²) in [5, 5.41) is 8.34. The highest BCUT2D eigenvalue weighted by molar-refractivity contribution is 6.05. The van der Waals surface area contributed by atoms with Gasteiger partial charge in [0.25, 0.3) is 11.8 Å². The molecule has 5 rings (SSSR count). The lowest BCUT2D eigenvalue weighted by molar-refractivity contribution is -0.140. The number of alkyl halides is 5. The Labute approximate surface area is 279 Å². The molecule has 264 valence electrons. The van der Waals surface area contributed by atoms with Gasteiger partial charge in [-0.2, -0.15) is 13.2 Å². The highest BCUT2D eigenvalue weighted by atomic mass is 19.4. The third kappa shape index (κ3) is 8.59. The Hall–Kier alpha value is -4.45. The maximum absolute atomic E-state index is 14.4. The fourth-order valence-corrected chi connectivity index (χ4v) is 6.54. The molecule has 2 heterocycles. The number of aromatic nitrogens is 2. The lowest BCUT2D eigenvalue weighted by atomic mass is 9.87. The Bertz CT molecular complexity index is 1750. The van der Waals surface area contributed by atoms with Gasteiger partial charge in [-0.1, -0.05) is 18.8 Å². The predicted molar refractivity (Wildman–Crippen MR) is 171 cm³/mol. The molecule has 1 saturated carbocycles. The molecule has 15 heteroatoms. The molecular weight excluding hydrogens is 654 g/mol. The number of rotatable bonds is 8. The Balaban J connectivity index is 1.35. The minimum absolute atomic E-state index is 0.000154. The zero-order chi connectivity index (χ0) is 35.5. The van der Waals surface area contributed by atoms with Crippen molar-refractivity contribution in [1.82, 2.24) is 25.1 Å². The molecule has 0 unspecified atom stereocenters. The predicted octanol–water partition coefficient (Wildman–Crippen LogP) is 5.59. The molecule has 2 atom stereocenters. The first-order chi connectivity index (χ1) is 23.2. The number of hydrogen-bond acceptors (Lipinski definition) is 6. The number of hydrogen-bond donors (Lipinski definition) is 3. The van der Waals surface area contributed by atoms with Gasteiger partial charge in [0.2, 0.25) is 5.92 Å². The summed E-state index contributed by atoms with van der Waals surface area (Å²) in [6, 6.07) is 5.06. The zero-order valence-corrected chi connectivity index (χ0v) is 27.3. The van der Waals surface area contributed by atoms with Crippen LogP contribution in [0.1, 0.15) is 65.3 Å². The summed E-state index contributed by atoms with van der Waals surface area (Å²) in [4.78, 5) is 32.1. The van der Waals surface area contributed by atoms with Crippen molar-refractivity contribution in [2.75, 3.05) is 39.1 Å². The SMILES string of the molecule is CNC(=O)c1cc(NCC#Cc2cc(C(=O)N[C@H]3CCN(C4CCC(F)(F)CC4)C[C@@H]3C)c3ncn(CC(F)(F)F)c3c2)c(OC)cc1F. The molecule has 2 aromatic carbocycles. The number of imidazole rings is 1. The van der Waals surface area contributed by atoms with Crippen LogP contribution < -0.4 is 20.7 Å². The van der Waals surface area contributed by atoms with Gasteiger partial charge in [-0.15, -0.1) is 0 Å². The molecule has 1 saturated heterocycles. The van der Waals surface area contributed by atoms with Crippen LogP contribution in [-0.4, -0.2) is 84.2 Å². The number of fused-ring (bicyclic) bond motifs is 1. The number of carbonyl (C=O) groups excluding carboxylic acids is 2. The lowest BCUT2D eigenvalue weighted by Crippen LogP contribution is -2.53. The van der Waals surface area contributed by atoms with E-state index in [1.165, 1.54) is 32.4 Å². The first-order valence-corrected chi connectivity index (χ1v) is 16.0. The Kier molecular flexibility index (Phi) is 10.7. The number of halogens is 6. The molecule has 0 radical (unpaired) electrons. The second-order valence-corrected chi connectivity index (χ2v) is 12.6. The first-order valence-electron chi connectivity index (χ1n) is 16.0. The minimum Gasteiger partial charge on any atom is -0.494 e. The van der Waals surface area contributed by atoms with Crippen molar-refractivity contribution in [1.29, 1.82) is 0 Å². The third-order valence-corrected chi connectivity index (χ3v) is 9.14. The standard InChI is InChI=1S/C34H38F6N6O3/c1-20-17-45(22-6-9-33(36,37)10-7-22)12-8-26(20)44-32(48)24-13-21(14-28-30(24)43-19-46(28)18-34(38,39)40)5-4-11-42-27-15-23(31(47)41-2)25(35)16-29(27)49-3/h13-16,19-20,22,26,42H,6-12,17-18H2,1-3H3,(H,41,47)(H,44,48)/t20-,26-/m0/s1. The van der Waals surface area contributed by atoms with Crippen molar-refractivity contribution in [3.63, 3.8) is 0 Å². The summed E-state index contributed by atoms with van der Waals surface area (Å²) in [6.07, 6.45) is -2.33. The summed E-state index contributed by atoms with van der Waals surface area (Å²) in [5.41, 5.74) is 0.576. The molecule has 2 aliphatic rings. The molecule has 0 spiro atoms. The van der Waals surface area contributed by atoms with Gasteiger partial charge < -0.3 is 25.3 Å². The Morgan fingerprint density at radius 2 is 1.82 bits per heavy atom. The number of likely N-dealkylation sites (tertiary alicyclic amines) is 1. The number of ether oxygens (including phenoxy) is 1. The summed E-state index contributed by atoms with van der Waals surface area (Å²) >= 11 is 0. The average Bonchev–Trinajstić information content (AvgIpc) is 3.44. The van der Waals surface area contributed by atoms with E-state index in [4.69, 9.17) is 4.74 Å². The molecule has 2 amide bonds. The number of nitrogens with one attached hydrogen (secondary N) is 3. The van der Waals surface area contributed by atoms with Crippen LogP contribution in [-0.2, 0) is 6.54 Å². The first kappa shape index (κ1) is 35.8. The topological polar surface area (TPSA) is 101 Å². The number of anilines is 1. The van der Waals surface area contributed by atoms with Gasteiger partial charge in [0, 0.05) is 56.7 Å². The van der Waals surface area contributed by atoms with Gasteiger partial charge in [0.05, 0.1) is 42.3 Å². The number of piperidine rings is 1. The molecule has 1 aliphatic heterocycles. The maximum Gasteiger partial charge on any atom is 0.406 e. The van der Waals surface area contributed by atoms with Crippen LogP contribution in [0.2, 0.25) is 0 Å². The van der Waals surface area contributed by atoms with Gasteiger partial charge in [-0.25, -0.2) is 18.2 Å². The zero-order valence-electron chi connectivity index (χ0n) is 27.3. The molecule has 0 bridgehead atoms. The van der Waals surface area contributed by atoms with Crippen molar-refractivity contribution >= 4 is 28.5 Å². The number of benzene rings is 2. The average molecular weight is 693 g/mol. The second-order valence-electron chi connectivity index (χ2n) is 12.6. The largest absolute Gasteiger partial charge is 0.494 e. The molecule has 3 aromatic rings. The fourth-order valence-electron chi connectivity index (χ4n) is 6.54. The summed E-state index contributed by atoms with van der Waals surface area (Å²) in [5.74, 6) is 1.31. The quantitative estimate of drug-likeness (QED) is 0.211. The van der Waals surface area contributed by atoms with Gasteiger partial charge >= 0.3 is 6.18 Å². The third-order valence-electron chi connectivity index (χ3n) is 9.14. The number of amides is 2. The fraction of sp³-hybridized carbons (Fsp3) is 0.500. The van der Waals surface area contributed by atoms with Crippen LogP contribution in [0.25, 0.3) is 11.0 Å². The maximum atomic E-state index is 14.4. The van der Waals surface area contributed by atoms with Gasteiger partial charge in [0.15, 0.2) is 0 Å². The van der Waals surface area contributed by atoms with E-state index in [0.29, 0.717) is 32.4 Å². The molecular formula is C34H38F6N6O3. The van der Waals surface area contributed by atoms with E-state index >= 15 is 0 Å². The second kappa shape index (κ2) is 14.6. The van der Waals surface area contributed by atoms with Crippen molar-refractivity contribution in [2.45, 2.75) is 69.8 Å². The summed E-state index contributed by atoms with van der Waals surface area (Å²) in [6.45, 7) is 1.89. The van der Waals surface area contributed by atoms with E-state index < -0.39 is 36.3 Å². The minimum atomic E-state index is -4.54. The van der Waals surface area contributed by atoms with Crippen LogP contribution >= 0.6 is 0 Å². The van der Waals surface area contributed by atoms with Crippen LogP contribution in [0.15, 0.2) is 30.6 Å². The van der Waals surface area contributed by atoms with Crippen molar-refractivity contribution in [3.05, 3.63) is 53.1 Å². The van der Waals surface area contributed by atoms with Crippen molar-refractivity contribution in [3.8, 4) is 17.6 Å². The van der Waals surface area contributed by atoms with Gasteiger partial charge in [-0.3, -0.25) is 14.5 Å². The van der Waals surface area contributed by atoms with E-state index in [-0.39, 0.29) is 76.5 Å². The van der Waals surface area contributed by atoms with Gasteiger partial charge in [0.1, 0.15) is 23.6 Å². The summed E-state index contributed by atoms with van der Waals surface area (Å²) in [7, 11) is 2.70. The number of methoxy groups -OCH3 is 1. The highest BCUT2D eigenvalue weighted by Crippen LogP contribution is 2.36. The van der Waals surface area contributed by atoms with Crippen LogP contribution in [0.4, 0.5) is 32.0 Å². The molecule has 2 fully saturated rings. The Morgan fingerprint density at radius 1 is 1.08 bits per heavy atom.